The molecule has 1 atom stereocenters. The third-order valence-corrected chi connectivity index (χ3v) is 3.10. The summed E-state index contributed by atoms with van der Waals surface area (Å²) in [5.41, 5.74) is 4.16. The first-order valence-corrected chi connectivity index (χ1v) is 5.56. The van der Waals surface area contributed by atoms with Gasteiger partial charge in [0.05, 0.1) is 18.0 Å². The number of aryl methyl sites for hydroxylation is 1. The highest BCUT2D eigenvalue weighted by atomic mass is 79.9. The number of furan rings is 1. The lowest BCUT2D eigenvalue weighted by atomic mass is 10.1. The van der Waals surface area contributed by atoms with Crippen LogP contribution in [-0.2, 0) is 7.05 Å². The second-order valence-electron chi connectivity index (χ2n) is 3.14. The van der Waals surface area contributed by atoms with E-state index < -0.39 is 0 Å². The summed E-state index contributed by atoms with van der Waals surface area (Å²) in [4.78, 5) is 0. The second-order valence-corrected chi connectivity index (χ2v) is 4.23. The van der Waals surface area contributed by atoms with Crippen LogP contribution in [0.3, 0.4) is 0 Å². The van der Waals surface area contributed by atoms with Gasteiger partial charge in [0.2, 0.25) is 0 Å². The Morgan fingerprint density at radius 3 is 2.88 bits per heavy atom. The predicted molar refractivity (Wildman–Crippen MR) is 61.6 cm³/mol. The minimum absolute atomic E-state index is 0.288. The van der Waals surface area contributed by atoms with E-state index in [9.17, 15) is 0 Å². The van der Waals surface area contributed by atoms with Gasteiger partial charge in [-0.25, -0.2) is 10.1 Å². The van der Waals surface area contributed by atoms with E-state index in [0.29, 0.717) is 4.60 Å². The summed E-state index contributed by atoms with van der Waals surface area (Å²) in [6.45, 7) is 0. The molecule has 0 saturated heterocycles. The summed E-state index contributed by atoms with van der Waals surface area (Å²) in [6, 6.07) is 1.41. The van der Waals surface area contributed by atoms with Crippen LogP contribution < -0.4 is 11.3 Å². The van der Waals surface area contributed by atoms with Gasteiger partial charge in [0, 0.05) is 12.6 Å². The molecule has 0 radical (unpaired) electrons. The normalized spacial score (nSPS) is 13.0. The largest absolute Gasteiger partial charge is 0.453 e. The summed E-state index contributed by atoms with van der Waals surface area (Å²) in [5.74, 6) is 5.52. The van der Waals surface area contributed by atoms with E-state index in [2.05, 4.69) is 31.7 Å². The zero-order valence-corrected chi connectivity index (χ0v) is 10.7. The Labute approximate surface area is 105 Å². The molecule has 3 N–H and O–H groups in total. The lowest BCUT2D eigenvalue weighted by Crippen LogP contribution is -2.30. The molecule has 2 heterocycles. The van der Waals surface area contributed by atoms with Gasteiger partial charge in [-0.05, 0) is 33.6 Å². The van der Waals surface area contributed by atoms with Crippen molar-refractivity contribution in [2.24, 2.45) is 12.9 Å². The number of hydrogen-bond donors (Lipinski definition) is 2. The molecule has 0 aromatic carbocycles. The van der Waals surface area contributed by atoms with Crippen molar-refractivity contribution in [2.45, 2.75) is 6.04 Å². The maximum atomic E-state index is 5.91. The fourth-order valence-corrected chi connectivity index (χ4v) is 2.25. The number of nitrogens with one attached hydrogen (secondary N) is 1. The molecule has 0 spiro atoms. The Morgan fingerprint density at radius 1 is 1.69 bits per heavy atom. The van der Waals surface area contributed by atoms with Crippen LogP contribution in [0.4, 0.5) is 0 Å². The van der Waals surface area contributed by atoms with Crippen molar-refractivity contribution in [1.29, 1.82) is 0 Å². The van der Waals surface area contributed by atoms with Crippen molar-refractivity contribution in [2.75, 3.05) is 0 Å². The average molecular weight is 307 g/mol. The molecule has 6 nitrogen and oxygen atoms in total. The molecule has 2 aromatic rings. The van der Waals surface area contributed by atoms with Gasteiger partial charge in [0.1, 0.15) is 0 Å². The maximum absolute atomic E-state index is 5.91. The van der Waals surface area contributed by atoms with E-state index in [1.807, 2.05) is 0 Å². The Hall–Kier alpha value is -0.890. The van der Waals surface area contributed by atoms with Crippen LogP contribution in [-0.4, -0.2) is 15.0 Å². The first-order chi connectivity index (χ1) is 7.65. The van der Waals surface area contributed by atoms with E-state index in [0.717, 1.165) is 11.3 Å². The summed E-state index contributed by atoms with van der Waals surface area (Å²) in [6.07, 6.45) is 1.50. The van der Waals surface area contributed by atoms with Gasteiger partial charge in [0.25, 0.3) is 0 Å². The quantitative estimate of drug-likeness (QED) is 0.661. The molecule has 0 aliphatic heterocycles. The third-order valence-electron chi connectivity index (χ3n) is 2.22. The fraction of sp³-hybridized carbons (Fsp3) is 0.250. The molecule has 8 heteroatoms. The molecule has 0 bridgehead atoms. The van der Waals surface area contributed by atoms with Gasteiger partial charge in [-0.2, -0.15) is 0 Å². The molecule has 1 unspecified atom stereocenters. The average Bonchev–Trinajstić information content (AvgIpc) is 2.80. The molecular formula is C8H9BrClN5O. The van der Waals surface area contributed by atoms with Crippen LogP contribution in [0.5, 0.6) is 0 Å². The zero-order valence-electron chi connectivity index (χ0n) is 8.32. The van der Waals surface area contributed by atoms with Crippen molar-refractivity contribution >= 4 is 27.5 Å². The lowest BCUT2D eigenvalue weighted by Gasteiger charge is -2.14. The second kappa shape index (κ2) is 4.54. The van der Waals surface area contributed by atoms with Crippen LogP contribution in [0, 0.1) is 0 Å². The topological polar surface area (TPSA) is 81.9 Å². The van der Waals surface area contributed by atoms with Crippen molar-refractivity contribution in [1.82, 2.24) is 20.4 Å². The molecule has 16 heavy (non-hydrogen) atoms. The van der Waals surface area contributed by atoms with Gasteiger partial charge in [-0.1, -0.05) is 5.21 Å². The molecule has 0 fully saturated rings. The number of hydrazine groups is 1. The van der Waals surface area contributed by atoms with E-state index in [1.54, 1.807) is 17.8 Å². The van der Waals surface area contributed by atoms with E-state index in [4.69, 9.17) is 21.9 Å². The SMILES string of the molecule is Cn1nnc(Br)c1C(NN)c1ccoc1Cl. The summed E-state index contributed by atoms with van der Waals surface area (Å²) in [5, 5.41) is 8.05. The highest BCUT2D eigenvalue weighted by Gasteiger charge is 2.24. The number of hydrogen-bond acceptors (Lipinski definition) is 5. The maximum Gasteiger partial charge on any atom is 0.198 e. The first-order valence-electron chi connectivity index (χ1n) is 4.39. The smallest absolute Gasteiger partial charge is 0.198 e. The summed E-state index contributed by atoms with van der Waals surface area (Å²) < 4.78 is 7.25. The first kappa shape index (κ1) is 11.6. The highest BCUT2D eigenvalue weighted by Crippen LogP contribution is 2.31. The van der Waals surface area contributed by atoms with Gasteiger partial charge in [-0.3, -0.25) is 5.84 Å². The Balaban J connectivity index is 2.49. The minimum atomic E-state index is -0.333. The summed E-state index contributed by atoms with van der Waals surface area (Å²) in [7, 11) is 1.77. The van der Waals surface area contributed by atoms with Gasteiger partial charge in [-0.15, -0.1) is 5.10 Å². The minimum Gasteiger partial charge on any atom is -0.453 e. The van der Waals surface area contributed by atoms with E-state index >= 15 is 0 Å². The molecule has 0 amide bonds. The molecule has 0 aliphatic rings. The van der Waals surface area contributed by atoms with Gasteiger partial charge < -0.3 is 4.42 Å². The van der Waals surface area contributed by atoms with E-state index in [-0.39, 0.29) is 11.3 Å². The van der Waals surface area contributed by atoms with E-state index in [1.165, 1.54) is 6.26 Å². The fourth-order valence-electron chi connectivity index (χ4n) is 1.47. The van der Waals surface area contributed by atoms with Crippen molar-refractivity contribution in [3.63, 3.8) is 0 Å². The monoisotopic (exact) mass is 305 g/mol. The van der Waals surface area contributed by atoms with Crippen molar-refractivity contribution in [3.8, 4) is 0 Å². The highest BCUT2D eigenvalue weighted by molar-refractivity contribution is 9.10. The van der Waals surface area contributed by atoms with Crippen molar-refractivity contribution < 1.29 is 4.42 Å². The standard InChI is InChI=1S/C8H9BrClN5O/c1-15-6(7(9)13-14-15)5(12-11)4-2-3-16-8(4)10/h2-3,5,12H,11H2,1H3. The van der Waals surface area contributed by atoms with Crippen LogP contribution in [0.15, 0.2) is 21.3 Å². The Morgan fingerprint density at radius 2 is 2.44 bits per heavy atom. The lowest BCUT2D eigenvalue weighted by molar-refractivity contribution is 0.540. The number of aromatic nitrogens is 3. The summed E-state index contributed by atoms with van der Waals surface area (Å²) >= 11 is 9.21. The van der Waals surface area contributed by atoms with Crippen molar-refractivity contribution in [3.05, 3.63) is 33.4 Å². The van der Waals surface area contributed by atoms with Gasteiger partial charge >= 0.3 is 0 Å². The molecule has 2 aromatic heterocycles. The van der Waals surface area contributed by atoms with Crippen LogP contribution in [0.1, 0.15) is 17.3 Å². The third kappa shape index (κ3) is 1.86. The van der Waals surface area contributed by atoms with Crippen LogP contribution in [0.25, 0.3) is 0 Å². The number of nitrogens with zero attached hydrogens (tertiary/aromatic N) is 3. The molecule has 0 saturated carbocycles. The number of rotatable bonds is 3. The number of nitrogens with two attached hydrogens (primary N) is 1. The molecular weight excluding hydrogens is 297 g/mol. The van der Waals surface area contributed by atoms with Crippen LogP contribution in [0.2, 0.25) is 5.22 Å². The Kier molecular flexibility index (Phi) is 3.29. The molecule has 86 valence electrons. The Bertz CT molecular complexity index is 477. The molecule has 2 rings (SSSR count). The zero-order chi connectivity index (χ0) is 11.7. The number of halogens is 2. The van der Waals surface area contributed by atoms with Gasteiger partial charge in [0.15, 0.2) is 9.82 Å². The predicted octanol–water partition coefficient (Wildman–Crippen LogP) is 1.38. The molecule has 0 aliphatic carbocycles. The van der Waals surface area contributed by atoms with Crippen LogP contribution >= 0.6 is 27.5 Å².